The van der Waals surface area contributed by atoms with Gasteiger partial charge in [0.05, 0.1) is 12.1 Å². The topological polar surface area (TPSA) is 54.5 Å². The minimum atomic E-state index is -4.38. The van der Waals surface area contributed by atoms with E-state index in [1.807, 2.05) is 4.90 Å². The Hall–Kier alpha value is -1.99. The zero-order valence-electron chi connectivity index (χ0n) is 11.8. The molecule has 2 fully saturated rings. The molecule has 0 bridgehead atoms. The molecule has 8 heteroatoms. The van der Waals surface area contributed by atoms with Gasteiger partial charge < -0.3 is 15.0 Å². The summed E-state index contributed by atoms with van der Waals surface area (Å²) in [7, 11) is 0. The molecule has 3 rings (SSSR count). The number of alkyl halides is 3. The van der Waals surface area contributed by atoms with Gasteiger partial charge in [0.2, 0.25) is 0 Å². The molecule has 2 aliphatic rings. The number of halogens is 3. The molecule has 0 saturated carbocycles. The number of ether oxygens (including phenoxy) is 1. The third-order valence-electron chi connectivity index (χ3n) is 4.16. The van der Waals surface area contributed by atoms with Crippen LogP contribution in [0.5, 0.6) is 0 Å². The van der Waals surface area contributed by atoms with Gasteiger partial charge in [0.1, 0.15) is 11.4 Å². The van der Waals surface area contributed by atoms with E-state index in [0.29, 0.717) is 31.9 Å². The second kappa shape index (κ2) is 5.33. The van der Waals surface area contributed by atoms with Crippen LogP contribution in [-0.4, -0.2) is 36.3 Å². The maximum atomic E-state index is 12.6. The Labute approximate surface area is 125 Å². The Morgan fingerprint density at radius 2 is 2.09 bits per heavy atom. The highest BCUT2D eigenvalue weighted by atomic mass is 19.4. The van der Waals surface area contributed by atoms with Gasteiger partial charge in [-0.25, -0.2) is 9.78 Å². The predicted molar refractivity (Wildman–Crippen MR) is 72.5 cm³/mol. The highest BCUT2D eigenvalue weighted by Crippen LogP contribution is 2.32. The summed E-state index contributed by atoms with van der Waals surface area (Å²) in [5, 5.41) is 2.67. The van der Waals surface area contributed by atoms with Gasteiger partial charge in [-0.05, 0) is 25.0 Å². The summed E-state index contributed by atoms with van der Waals surface area (Å²) in [5.74, 6) is 0.516. The molecule has 1 amide bonds. The summed E-state index contributed by atoms with van der Waals surface area (Å²) < 4.78 is 43.0. The molecule has 120 valence electrons. The average molecular weight is 315 g/mol. The van der Waals surface area contributed by atoms with Crippen LogP contribution in [0.3, 0.4) is 0 Å². The number of aromatic nitrogens is 1. The average Bonchev–Trinajstić information content (AvgIpc) is 2.70. The number of hydrogen-bond donors (Lipinski definition) is 1. The molecular formula is C14H16F3N3O2. The van der Waals surface area contributed by atoms with E-state index >= 15 is 0 Å². The first-order chi connectivity index (χ1) is 10.4. The Morgan fingerprint density at radius 1 is 1.27 bits per heavy atom. The SMILES string of the molecule is O=C1NC[C@@]2(CCCN(c3ccc(C(F)(F)F)cn3)CC2)O1. The molecular weight excluding hydrogens is 299 g/mol. The number of carbonyl (C=O) groups is 1. The van der Waals surface area contributed by atoms with Gasteiger partial charge in [0.25, 0.3) is 0 Å². The largest absolute Gasteiger partial charge is 0.441 e. The zero-order chi connectivity index (χ0) is 15.8. The van der Waals surface area contributed by atoms with Gasteiger partial charge in [-0.3, -0.25) is 0 Å². The standard InChI is InChI=1S/C14H16F3N3O2/c15-14(16,17)10-2-3-11(18-8-10)20-6-1-4-13(5-7-20)9-19-12(21)22-13/h2-3,8H,1,4-7,9H2,(H,19,21)/t13-/m0/s1. The number of nitrogens with zero attached hydrogens (tertiary/aromatic N) is 2. The highest BCUT2D eigenvalue weighted by Gasteiger charge is 2.41. The molecule has 1 aromatic rings. The number of hydrogen-bond acceptors (Lipinski definition) is 4. The summed E-state index contributed by atoms with van der Waals surface area (Å²) >= 11 is 0. The fraction of sp³-hybridized carbons (Fsp3) is 0.571. The molecule has 0 radical (unpaired) electrons. The molecule has 0 aromatic carbocycles. The van der Waals surface area contributed by atoms with E-state index in [-0.39, 0.29) is 0 Å². The van der Waals surface area contributed by atoms with Crippen LogP contribution in [0.4, 0.5) is 23.8 Å². The van der Waals surface area contributed by atoms with Crippen molar-refractivity contribution in [3.63, 3.8) is 0 Å². The van der Waals surface area contributed by atoms with Crippen LogP contribution in [0.1, 0.15) is 24.8 Å². The fourth-order valence-electron chi connectivity index (χ4n) is 2.92. The number of amides is 1. The lowest BCUT2D eigenvalue weighted by Crippen LogP contribution is -2.35. The second-order valence-corrected chi connectivity index (χ2v) is 5.67. The number of anilines is 1. The molecule has 2 aliphatic heterocycles. The second-order valence-electron chi connectivity index (χ2n) is 5.67. The van der Waals surface area contributed by atoms with Crippen LogP contribution in [0, 0.1) is 0 Å². The molecule has 1 N–H and O–H groups in total. The molecule has 2 saturated heterocycles. The number of pyridine rings is 1. The van der Waals surface area contributed by atoms with Crippen molar-refractivity contribution in [2.75, 3.05) is 24.5 Å². The normalized spacial score (nSPS) is 25.8. The highest BCUT2D eigenvalue weighted by molar-refractivity contribution is 5.70. The number of alkyl carbamates (subject to hydrolysis) is 1. The van der Waals surface area contributed by atoms with Gasteiger partial charge in [-0.1, -0.05) is 0 Å². The summed E-state index contributed by atoms with van der Waals surface area (Å²) in [4.78, 5) is 17.1. The van der Waals surface area contributed by atoms with Crippen LogP contribution < -0.4 is 10.2 Å². The number of rotatable bonds is 1. The lowest BCUT2D eigenvalue weighted by Gasteiger charge is -2.25. The molecule has 1 spiro atoms. The summed E-state index contributed by atoms with van der Waals surface area (Å²) in [5.41, 5.74) is -1.24. The van der Waals surface area contributed by atoms with E-state index in [1.165, 1.54) is 6.07 Å². The Morgan fingerprint density at radius 3 is 2.68 bits per heavy atom. The minimum Gasteiger partial charge on any atom is -0.441 e. The smallest absolute Gasteiger partial charge is 0.417 e. The van der Waals surface area contributed by atoms with E-state index < -0.39 is 23.4 Å². The van der Waals surface area contributed by atoms with E-state index in [1.54, 1.807) is 0 Å². The van der Waals surface area contributed by atoms with E-state index in [4.69, 9.17) is 4.74 Å². The molecule has 22 heavy (non-hydrogen) atoms. The van der Waals surface area contributed by atoms with E-state index in [9.17, 15) is 18.0 Å². The van der Waals surface area contributed by atoms with Crippen molar-refractivity contribution in [2.24, 2.45) is 0 Å². The summed E-state index contributed by atoms with van der Waals surface area (Å²) in [6.07, 6.45) is -1.76. The van der Waals surface area contributed by atoms with Crippen LogP contribution in [0.2, 0.25) is 0 Å². The summed E-state index contributed by atoms with van der Waals surface area (Å²) in [6.45, 7) is 1.76. The van der Waals surface area contributed by atoms with Crippen molar-refractivity contribution in [1.82, 2.24) is 10.3 Å². The Bertz CT molecular complexity index is 561. The summed E-state index contributed by atoms with van der Waals surface area (Å²) in [6, 6.07) is 2.43. The van der Waals surface area contributed by atoms with Gasteiger partial charge >= 0.3 is 12.3 Å². The van der Waals surface area contributed by atoms with Crippen molar-refractivity contribution < 1.29 is 22.7 Å². The monoisotopic (exact) mass is 315 g/mol. The fourth-order valence-corrected chi connectivity index (χ4v) is 2.92. The minimum absolute atomic E-state index is 0.402. The first-order valence-corrected chi connectivity index (χ1v) is 7.13. The van der Waals surface area contributed by atoms with Crippen molar-refractivity contribution in [3.05, 3.63) is 23.9 Å². The molecule has 3 heterocycles. The predicted octanol–water partition coefficient (Wildman–Crippen LogP) is 2.57. The van der Waals surface area contributed by atoms with E-state index in [0.717, 1.165) is 25.1 Å². The molecule has 1 aromatic heterocycles. The Balaban J connectivity index is 1.70. The molecule has 0 unspecified atom stereocenters. The lowest BCUT2D eigenvalue weighted by atomic mass is 9.95. The third kappa shape index (κ3) is 2.95. The molecule has 5 nitrogen and oxygen atoms in total. The maximum Gasteiger partial charge on any atom is 0.417 e. The van der Waals surface area contributed by atoms with Crippen molar-refractivity contribution in [3.8, 4) is 0 Å². The molecule has 1 atom stereocenters. The van der Waals surface area contributed by atoms with Crippen molar-refractivity contribution in [1.29, 1.82) is 0 Å². The first kappa shape index (κ1) is 14.9. The van der Waals surface area contributed by atoms with Crippen molar-refractivity contribution in [2.45, 2.75) is 31.0 Å². The van der Waals surface area contributed by atoms with Gasteiger partial charge in [0, 0.05) is 25.7 Å². The Kier molecular flexibility index (Phi) is 3.62. The van der Waals surface area contributed by atoms with Gasteiger partial charge in [-0.15, -0.1) is 0 Å². The van der Waals surface area contributed by atoms with Gasteiger partial charge in [0.15, 0.2) is 0 Å². The third-order valence-corrected chi connectivity index (χ3v) is 4.16. The maximum absolute atomic E-state index is 12.6. The first-order valence-electron chi connectivity index (χ1n) is 7.13. The number of carbonyl (C=O) groups excluding carboxylic acids is 1. The van der Waals surface area contributed by atoms with Crippen LogP contribution >= 0.6 is 0 Å². The van der Waals surface area contributed by atoms with Gasteiger partial charge in [-0.2, -0.15) is 13.2 Å². The lowest BCUT2D eigenvalue weighted by molar-refractivity contribution is -0.137. The zero-order valence-corrected chi connectivity index (χ0v) is 11.8. The number of nitrogens with one attached hydrogen (secondary N) is 1. The molecule has 0 aliphatic carbocycles. The van der Waals surface area contributed by atoms with E-state index in [2.05, 4.69) is 10.3 Å². The van der Waals surface area contributed by atoms with Crippen LogP contribution in [0.25, 0.3) is 0 Å². The van der Waals surface area contributed by atoms with Crippen LogP contribution in [0.15, 0.2) is 18.3 Å². The van der Waals surface area contributed by atoms with Crippen LogP contribution in [-0.2, 0) is 10.9 Å². The quantitative estimate of drug-likeness (QED) is 0.865. The van der Waals surface area contributed by atoms with Crippen molar-refractivity contribution >= 4 is 11.9 Å².